The van der Waals surface area contributed by atoms with Gasteiger partial charge in [-0.1, -0.05) is 94.8 Å². The number of carbonyl (C=O) groups excluding carboxylic acids is 1. The van der Waals surface area contributed by atoms with Gasteiger partial charge in [0.25, 0.3) is 0 Å². The molecule has 1 N–H and O–H groups in total. The van der Waals surface area contributed by atoms with Crippen LogP contribution in [0.25, 0.3) is 6.08 Å². The molecule has 4 rings (SSSR count). The van der Waals surface area contributed by atoms with Gasteiger partial charge in [0.1, 0.15) is 13.2 Å². The van der Waals surface area contributed by atoms with Gasteiger partial charge in [0, 0.05) is 4.47 Å². The third-order valence-corrected chi connectivity index (χ3v) is 5.65. The van der Waals surface area contributed by atoms with Crippen molar-refractivity contribution in [1.82, 2.24) is 0 Å². The van der Waals surface area contributed by atoms with Gasteiger partial charge in [-0.15, -0.1) is 0 Å². The number of ether oxygens (including phenoxy) is 2. The SMILES string of the molecule is O=C(/C=C/c1ccc(Br)cc1)c1ccc(OCc2ccccc2)c(OCc2ccccc2)c1O. The molecule has 4 aromatic carbocycles. The number of allylic oxidation sites excluding steroid dienone is 1. The minimum absolute atomic E-state index is 0.141. The Kier molecular flexibility index (Phi) is 7.79. The summed E-state index contributed by atoms with van der Waals surface area (Å²) in [4.78, 5) is 12.9. The standard InChI is InChI=1S/C29H23BrO4/c30-24-14-11-21(12-15-24)13-17-26(31)25-16-18-27(33-19-22-7-3-1-4-8-22)29(28(25)32)34-20-23-9-5-2-6-10-23/h1-18,32H,19-20H2/b17-13+. The Bertz CT molecular complexity index is 1270. The molecule has 0 radical (unpaired) electrons. The Morgan fingerprint density at radius 2 is 1.35 bits per heavy atom. The fourth-order valence-electron chi connectivity index (χ4n) is 3.31. The van der Waals surface area contributed by atoms with Crippen LogP contribution in [0.5, 0.6) is 17.2 Å². The Labute approximate surface area is 207 Å². The van der Waals surface area contributed by atoms with Crippen molar-refractivity contribution in [2.75, 3.05) is 0 Å². The van der Waals surface area contributed by atoms with Gasteiger partial charge in [0.05, 0.1) is 5.56 Å². The van der Waals surface area contributed by atoms with E-state index in [9.17, 15) is 9.90 Å². The zero-order chi connectivity index (χ0) is 23.8. The van der Waals surface area contributed by atoms with Gasteiger partial charge in [-0.05, 0) is 47.0 Å². The molecule has 0 aromatic heterocycles. The summed E-state index contributed by atoms with van der Waals surface area (Å²) in [5.41, 5.74) is 2.93. The van der Waals surface area contributed by atoms with Gasteiger partial charge in [0.15, 0.2) is 17.3 Å². The molecule has 0 saturated heterocycles. The van der Waals surface area contributed by atoms with Gasteiger partial charge < -0.3 is 14.6 Å². The molecule has 170 valence electrons. The number of phenolic OH excluding ortho intramolecular Hbond substituents is 1. The second-order valence-electron chi connectivity index (χ2n) is 7.59. The van der Waals surface area contributed by atoms with Gasteiger partial charge in [-0.3, -0.25) is 4.79 Å². The molecule has 34 heavy (non-hydrogen) atoms. The molecule has 0 aliphatic carbocycles. The molecule has 0 atom stereocenters. The minimum Gasteiger partial charge on any atom is -0.504 e. The van der Waals surface area contributed by atoms with Gasteiger partial charge in [0.2, 0.25) is 5.75 Å². The number of ketones is 1. The molecule has 0 amide bonds. The first kappa shape index (κ1) is 23.3. The van der Waals surface area contributed by atoms with Crippen LogP contribution in [0.4, 0.5) is 0 Å². The number of benzene rings is 4. The molecule has 0 heterocycles. The van der Waals surface area contributed by atoms with Crippen molar-refractivity contribution in [3.63, 3.8) is 0 Å². The number of rotatable bonds is 9. The molecule has 0 fully saturated rings. The van der Waals surface area contributed by atoms with E-state index in [1.807, 2.05) is 84.9 Å². The maximum Gasteiger partial charge on any atom is 0.204 e. The number of halogens is 1. The summed E-state index contributed by atoms with van der Waals surface area (Å²) in [6.07, 6.45) is 3.14. The molecule has 4 aromatic rings. The van der Waals surface area contributed by atoms with E-state index in [0.29, 0.717) is 12.4 Å². The Morgan fingerprint density at radius 1 is 0.765 bits per heavy atom. The van der Waals surface area contributed by atoms with Crippen LogP contribution >= 0.6 is 15.9 Å². The Hall–Kier alpha value is -3.83. The zero-order valence-corrected chi connectivity index (χ0v) is 19.9. The van der Waals surface area contributed by atoms with E-state index in [0.717, 1.165) is 21.2 Å². The first-order valence-electron chi connectivity index (χ1n) is 10.8. The van der Waals surface area contributed by atoms with Crippen molar-refractivity contribution in [2.24, 2.45) is 0 Å². The molecule has 0 unspecified atom stereocenters. The van der Waals surface area contributed by atoms with Crippen LogP contribution < -0.4 is 9.47 Å². The number of aromatic hydroxyl groups is 1. The lowest BCUT2D eigenvalue weighted by molar-refractivity contribution is 0.104. The number of carbonyl (C=O) groups is 1. The average molecular weight is 515 g/mol. The summed E-state index contributed by atoms with van der Waals surface area (Å²) in [5, 5.41) is 11.0. The molecule has 0 spiro atoms. The highest BCUT2D eigenvalue weighted by Crippen LogP contribution is 2.40. The molecular weight excluding hydrogens is 492 g/mol. The van der Waals surface area contributed by atoms with Crippen molar-refractivity contribution in [2.45, 2.75) is 13.2 Å². The second-order valence-corrected chi connectivity index (χ2v) is 8.50. The largest absolute Gasteiger partial charge is 0.504 e. The lowest BCUT2D eigenvalue weighted by atomic mass is 10.1. The normalized spacial score (nSPS) is 10.9. The van der Waals surface area contributed by atoms with Crippen LogP contribution in [-0.2, 0) is 13.2 Å². The van der Waals surface area contributed by atoms with Crippen LogP contribution in [0.3, 0.4) is 0 Å². The van der Waals surface area contributed by atoms with E-state index in [4.69, 9.17) is 9.47 Å². The summed E-state index contributed by atoms with van der Waals surface area (Å²) >= 11 is 3.40. The van der Waals surface area contributed by atoms with E-state index in [2.05, 4.69) is 15.9 Å². The topological polar surface area (TPSA) is 55.8 Å². The van der Waals surface area contributed by atoms with Crippen LogP contribution in [0.15, 0.2) is 108 Å². The predicted octanol–water partition coefficient (Wildman–Crippen LogP) is 7.21. The first-order chi connectivity index (χ1) is 16.6. The van der Waals surface area contributed by atoms with E-state index < -0.39 is 0 Å². The van der Waals surface area contributed by atoms with Crippen molar-refractivity contribution >= 4 is 27.8 Å². The maximum atomic E-state index is 12.9. The zero-order valence-electron chi connectivity index (χ0n) is 18.4. The fraction of sp³-hybridized carbons (Fsp3) is 0.0690. The van der Waals surface area contributed by atoms with Crippen LogP contribution in [-0.4, -0.2) is 10.9 Å². The molecule has 0 aliphatic rings. The van der Waals surface area contributed by atoms with Gasteiger partial charge in [-0.2, -0.15) is 0 Å². The Morgan fingerprint density at radius 3 is 1.97 bits per heavy atom. The van der Waals surface area contributed by atoms with E-state index in [1.54, 1.807) is 18.2 Å². The van der Waals surface area contributed by atoms with Gasteiger partial charge >= 0.3 is 0 Å². The van der Waals surface area contributed by atoms with E-state index >= 15 is 0 Å². The number of hydrogen-bond acceptors (Lipinski definition) is 4. The predicted molar refractivity (Wildman–Crippen MR) is 137 cm³/mol. The molecule has 0 saturated carbocycles. The minimum atomic E-state index is -0.334. The highest BCUT2D eigenvalue weighted by Gasteiger charge is 2.19. The van der Waals surface area contributed by atoms with Crippen molar-refractivity contribution in [3.8, 4) is 17.2 Å². The summed E-state index contributed by atoms with van der Waals surface area (Å²) < 4.78 is 12.9. The third-order valence-electron chi connectivity index (χ3n) is 5.12. The quantitative estimate of drug-likeness (QED) is 0.189. The van der Waals surface area contributed by atoms with E-state index in [1.165, 1.54) is 6.08 Å². The molecule has 0 aliphatic heterocycles. The summed E-state index contributed by atoms with van der Waals surface area (Å²) in [6, 6.07) is 30.1. The lowest BCUT2D eigenvalue weighted by Crippen LogP contribution is -2.04. The first-order valence-corrected chi connectivity index (χ1v) is 11.6. The summed E-state index contributed by atoms with van der Waals surface area (Å²) in [7, 11) is 0. The molecule has 5 heteroatoms. The fourth-order valence-corrected chi connectivity index (χ4v) is 3.57. The second kappa shape index (κ2) is 11.3. The van der Waals surface area contributed by atoms with Crippen LogP contribution in [0.2, 0.25) is 0 Å². The van der Waals surface area contributed by atoms with Crippen molar-refractivity contribution < 1.29 is 19.4 Å². The number of phenols is 1. The number of hydrogen-bond donors (Lipinski definition) is 1. The highest BCUT2D eigenvalue weighted by atomic mass is 79.9. The highest BCUT2D eigenvalue weighted by molar-refractivity contribution is 9.10. The smallest absolute Gasteiger partial charge is 0.204 e. The van der Waals surface area contributed by atoms with Gasteiger partial charge in [-0.25, -0.2) is 0 Å². The molecular formula is C29H23BrO4. The van der Waals surface area contributed by atoms with Crippen molar-refractivity contribution in [3.05, 3.63) is 130 Å². The van der Waals surface area contributed by atoms with Crippen LogP contribution in [0.1, 0.15) is 27.0 Å². The summed E-state index contributed by atoms with van der Waals surface area (Å²) in [6.45, 7) is 0.529. The summed E-state index contributed by atoms with van der Waals surface area (Å²) in [5.74, 6) is -0.0695. The third kappa shape index (κ3) is 6.15. The van der Waals surface area contributed by atoms with Crippen molar-refractivity contribution in [1.29, 1.82) is 0 Å². The van der Waals surface area contributed by atoms with Crippen LogP contribution in [0, 0.1) is 0 Å². The molecule has 4 nitrogen and oxygen atoms in total. The molecule has 0 bridgehead atoms. The van der Waals surface area contributed by atoms with E-state index in [-0.39, 0.29) is 29.5 Å². The Balaban J connectivity index is 1.59. The monoisotopic (exact) mass is 514 g/mol. The average Bonchev–Trinajstić information content (AvgIpc) is 2.87. The lowest BCUT2D eigenvalue weighted by Gasteiger charge is -2.16. The maximum absolute atomic E-state index is 12.9.